The number of benzene rings is 3. The summed E-state index contributed by atoms with van der Waals surface area (Å²) in [5.74, 6) is 0.0204. The number of amides is 1. The molecule has 1 aliphatic heterocycles. The molecule has 1 amide bonds. The molecular weight excluding hydrogens is 828 g/mol. The topological polar surface area (TPSA) is 140 Å². The van der Waals surface area contributed by atoms with Crippen molar-refractivity contribution >= 4 is 103 Å². The van der Waals surface area contributed by atoms with E-state index in [-0.39, 0.29) is 39.7 Å². The Balaban J connectivity index is 1.51. The highest BCUT2D eigenvalue weighted by atomic mass is 35.5. The van der Waals surface area contributed by atoms with Gasteiger partial charge in [-0.25, -0.2) is 18.1 Å². The smallest absolute Gasteiger partial charge is 0.301 e. The summed E-state index contributed by atoms with van der Waals surface area (Å²) < 4.78 is 31.6. The third kappa shape index (κ3) is 14.4. The molecule has 0 radical (unpaired) electrons. The molecule has 57 heavy (non-hydrogen) atoms. The molecule has 0 aromatic heterocycles. The molecule has 0 fully saturated rings. The van der Waals surface area contributed by atoms with E-state index in [1.165, 1.54) is 63.5 Å². The lowest BCUT2D eigenvalue weighted by atomic mass is 10.1. The maximum Gasteiger partial charge on any atom is 0.301 e. The number of aryl methyl sites for hydroxylation is 1. The van der Waals surface area contributed by atoms with Gasteiger partial charge in [0.1, 0.15) is 11.4 Å². The Morgan fingerprint density at radius 3 is 2.11 bits per heavy atom. The highest BCUT2D eigenvalue weighted by molar-refractivity contribution is 7.88. The van der Waals surface area contributed by atoms with Crippen LogP contribution in [0.15, 0.2) is 58.6 Å². The molecule has 0 unspecified atom stereocenters. The molecule has 0 aliphatic carbocycles. The first-order valence-electron chi connectivity index (χ1n) is 19.5. The third-order valence-electron chi connectivity index (χ3n) is 9.36. The quantitative estimate of drug-likeness (QED) is 0.0522. The van der Waals surface area contributed by atoms with Crippen molar-refractivity contribution in [2.75, 3.05) is 41.1 Å². The summed E-state index contributed by atoms with van der Waals surface area (Å²) in [6.07, 6.45) is 15.1. The molecule has 0 atom stereocenters. The molecule has 310 valence electrons. The second-order valence-corrected chi connectivity index (χ2v) is 17.5. The highest BCUT2D eigenvalue weighted by Gasteiger charge is 2.36. The summed E-state index contributed by atoms with van der Waals surface area (Å²) >= 11 is 25.9. The predicted molar refractivity (Wildman–Crippen MR) is 240 cm³/mol. The lowest BCUT2D eigenvalue weighted by Gasteiger charge is -2.24. The average molecular weight is 882 g/mol. The van der Waals surface area contributed by atoms with Crippen LogP contribution in [0.2, 0.25) is 20.1 Å². The first kappa shape index (κ1) is 46.3. The predicted octanol–water partition coefficient (Wildman–Crippen LogP) is 11.6. The maximum absolute atomic E-state index is 14.1. The summed E-state index contributed by atoms with van der Waals surface area (Å²) in [7, 11) is -3.32. The van der Waals surface area contributed by atoms with Crippen LogP contribution < -0.4 is 24.7 Å². The second-order valence-electron chi connectivity index (χ2n) is 14.0. The molecule has 1 aliphatic rings. The number of aliphatic imine (C=N–C) groups is 1. The number of anilines is 3. The van der Waals surface area contributed by atoms with Gasteiger partial charge in [0.15, 0.2) is 17.4 Å². The summed E-state index contributed by atoms with van der Waals surface area (Å²) in [6, 6.07) is 13.4. The largest absolute Gasteiger partial charge is 0.444 e. The van der Waals surface area contributed by atoms with Gasteiger partial charge in [-0.1, -0.05) is 118 Å². The van der Waals surface area contributed by atoms with Crippen LogP contribution >= 0.6 is 46.4 Å². The van der Waals surface area contributed by atoms with Gasteiger partial charge in [-0.05, 0) is 68.3 Å². The van der Waals surface area contributed by atoms with E-state index in [4.69, 9.17) is 61.5 Å². The van der Waals surface area contributed by atoms with Crippen molar-refractivity contribution < 1.29 is 17.9 Å². The fourth-order valence-corrected chi connectivity index (χ4v) is 7.92. The number of hydrazone groups is 1. The van der Waals surface area contributed by atoms with Crippen LogP contribution in [-0.4, -0.2) is 57.7 Å². The van der Waals surface area contributed by atoms with E-state index < -0.39 is 15.9 Å². The number of carbonyl (C=O) groups is 1. The number of rotatable bonds is 22. The van der Waals surface area contributed by atoms with Crippen molar-refractivity contribution in [3.05, 3.63) is 74.2 Å². The maximum atomic E-state index is 14.1. The van der Waals surface area contributed by atoms with E-state index in [1.807, 2.05) is 30.9 Å². The summed E-state index contributed by atoms with van der Waals surface area (Å²) in [6.45, 7) is 7.42. The molecular formula is C41H53Cl4N7O4S. The van der Waals surface area contributed by atoms with Gasteiger partial charge >= 0.3 is 5.91 Å². The number of halogens is 4. The molecule has 3 aromatic carbocycles. The van der Waals surface area contributed by atoms with Gasteiger partial charge in [0.05, 0.1) is 32.7 Å². The van der Waals surface area contributed by atoms with Crippen molar-refractivity contribution in [2.24, 2.45) is 10.1 Å². The van der Waals surface area contributed by atoms with Crippen molar-refractivity contribution in [3.63, 3.8) is 0 Å². The second kappa shape index (κ2) is 22.7. The average Bonchev–Trinajstić information content (AvgIpc) is 3.43. The Hall–Kier alpha value is -3.39. The Morgan fingerprint density at radius 2 is 1.51 bits per heavy atom. The Labute approximate surface area is 357 Å². The van der Waals surface area contributed by atoms with E-state index in [1.54, 1.807) is 24.3 Å². The standard InChI is InChI=1S/C41H53Cl4N7O4S/c1-5-7-8-9-10-11-12-13-14-15-16-17-37(46)56-31-19-20-32(43)36(27-31)49-40-38(41(53)52(50-40)39-33(44)25-29(42)26-34(39)45)48-35-21-18-30(24-28(35)3)51(6-2)23-22-47-57(4,54)55/h18-21,24-27,46-47H,5-17,22-23H2,1-4H3,(H,49,50)/b46-37?,48-38-. The number of sulfonamides is 1. The molecule has 0 saturated carbocycles. The fraction of sp³-hybridized carbons (Fsp3) is 0.463. The molecule has 3 N–H and O–H groups in total. The van der Waals surface area contributed by atoms with Crippen LogP contribution in [0.5, 0.6) is 5.75 Å². The van der Waals surface area contributed by atoms with E-state index in [9.17, 15) is 13.2 Å². The number of hydrogen-bond acceptors (Lipinski definition) is 9. The number of amidine groups is 1. The SMILES string of the molecule is CCCCCCCCCCCCCC(=N)Oc1ccc(Cl)c(NC2=NN(c3c(Cl)cc(Cl)cc3Cl)C(=O)/C2=N\c2ccc(N(CC)CCNS(C)(=O)=O)cc2C)c1. The monoisotopic (exact) mass is 879 g/mol. The van der Waals surface area contributed by atoms with Crippen molar-refractivity contribution in [1.82, 2.24) is 4.72 Å². The van der Waals surface area contributed by atoms with Crippen LogP contribution in [0.3, 0.4) is 0 Å². The molecule has 0 saturated heterocycles. The molecule has 0 bridgehead atoms. The van der Waals surface area contributed by atoms with Gasteiger partial charge in [0, 0.05) is 42.8 Å². The van der Waals surface area contributed by atoms with Crippen LogP contribution in [0, 0.1) is 12.3 Å². The lowest BCUT2D eigenvalue weighted by molar-refractivity contribution is -0.112. The number of nitrogens with one attached hydrogen (secondary N) is 3. The Bertz CT molecular complexity index is 2020. The first-order chi connectivity index (χ1) is 27.2. The minimum Gasteiger partial charge on any atom is -0.444 e. The van der Waals surface area contributed by atoms with Gasteiger partial charge in [-0.15, -0.1) is 5.10 Å². The first-order valence-corrected chi connectivity index (χ1v) is 22.9. The summed E-state index contributed by atoms with van der Waals surface area (Å²) in [4.78, 5) is 20.9. The highest BCUT2D eigenvalue weighted by Crippen LogP contribution is 2.39. The van der Waals surface area contributed by atoms with Crippen molar-refractivity contribution in [1.29, 1.82) is 5.41 Å². The number of carbonyl (C=O) groups excluding carboxylic acids is 1. The van der Waals surface area contributed by atoms with Crippen LogP contribution in [0.25, 0.3) is 0 Å². The normalized spacial score (nSPS) is 13.7. The molecule has 11 nitrogen and oxygen atoms in total. The molecule has 4 rings (SSSR count). The van der Waals surface area contributed by atoms with E-state index in [0.717, 1.165) is 41.8 Å². The minimum atomic E-state index is -3.32. The number of unbranched alkanes of at least 4 members (excludes halogenated alkanes) is 10. The Kier molecular flexibility index (Phi) is 18.4. The molecule has 3 aromatic rings. The van der Waals surface area contributed by atoms with Crippen LogP contribution in [0.1, 0.15) is 96.5 Å². The van der Waals surface area contributed by atoms with Gasteiger partial charge < -0.3 is 15.0 Å². The van der Waals surface area contributed by atoms with Crippen molar-refractivity contribution in [2.45, 2.75) is 97.8 Å². The third-order valence-corrected chi connectivity index (χ3v) is 11.2. The number of nitrogens with zero attached hydrogens (tertiary/aromatic N) is 4. The van der Waals surface area contributed by atoms with Crippen LogP contribution in [-0.2, 0) is 14.8 Å². The van der Waals surface area contributed by atoms with E-state index >= 15 is 0 Å². The van der Waals surface area contributed by atoms with Gasteiger partial charge in [-0.2, -0.15) is 5.01 Å². The number of ether oxygens (including phenoxy) is 1. The zero-order chi connectivity index (χ0) is 41.5. The zero-order valence-electron chi connectivity index (χ0n) is 33.1. The van der Waals surface area contributed by atoms with Gasteiger partial charge in [0.2, 0.25) is 10.0 Å². The lowest BCUT2D eigenvalue weighted by Crippen LogP contribution is -2.34. The molecule has 0 spiro atoms. The number of hydrogen-bond donors (Lipinski definition) is 3. The molecule has 1 heterocycles. The van der Waals surface area contributed by atoms with Crippen LogP contribution in [0.4, 0.5) is 22.7 Å². The Morgan fingerprint density at radius 1 is 0.877 bits per heavy atom. The van der Waals surface area contributed by atoms with Gasteiger partial charge in [-0.3, -0.25) is 10.2 Å². The number of likely N-dealkylation sites (N-methyl/N-ethyl adjacent to an activating group) is 1. The van der Waals surface area contributed by atoms with E-state index in [0.29, 0.717) is 46.7 Å². The van der Waals surface area contributed by atoms with Gasteiger partial charge in [0.25, 0.3) is 0 Å². The zero-order valence-corrected chi connectivity index (χ0v) is 36.9. The van der Waals surface area contributed by atoms with E-state index in [2.05, 4.69) is 22.1 Å². The van der Waals surface area contributed by atoms with Crippen molar-refractivity contribution in [3.8, 4) is 5.75 Å². The summed E-state index contributed by atoms with van der Waals surface area (Å²) in [5, 5.41) is 18.1. The minimum absolute atomic E-state index is 0.0377. The molecule has 16 heteroatoms. The summed E-state index contributed by atoms with van der Waals surface area (Å²) in [5.41, 5.74) is 2.58. The fourth-order valence-electron chi connectivity index (χ4n) is 6.32.